The molecular weight excluding hydrogens is 1160 g/mol. The second kappa shape index (κ2) is 29.2. The van der Waals surface area contributed by atoms with Crippen LogP contribution in [0.5, 0.6) is 0 Å². The SMILES string of the molecule is CC(=O)N[C@H]1[C@H](OC[C@H]2OC(O)[C@H](NC(C)=O)[C@@H](O[C@@H]3O[C@H](CO)[C@H](O[C@@H]4O[C@H](CO)[C@H](O)[C@H](O)[C@H]4O)[C@H](O[C@@H]4O[C@H](CO)[C@H](O)[C@H](O[C@@H]5O[C@H](C(=O)O)[C@@H](O)[C@H](O)[C@H]5O)[C@H]4O)[C@H]3O[C@@H]3O[C@@H](C)[C@@H](O)[C@@H](O)[C@@H]3O)[C@H]2O)O[C@H](CO)[C@@H](O)[C@@H]1O. The summed E-state index contributed by atoms with van der Waals surface area (Å²) in [5.74, 6) is -3.54. The Morgan fingerprint density at radius 1 is 0.369 bits per heavy atom. The minimum Gasteiger partial charge on any atom is -0.479 e. The van der Waals surface area contributed by atoms with E-state index in [1.165, 1.54) is 6.92 Å². The fraction of sp³-hybridized carbons (Fsp3) is 0.935. The van der Waals surface area contributed by atoms with Crippen LogP contribution in [0.1, 0.15) is 20.8 Å². The molecule has 35 atom stereocenters. The predicted molar refractivity (Wildman–Crippen MR) is 254 cm³/mol. The van der Waals surface area contributed by atoms with Crippen LogP contribution in [0.3, 0.4) is 0 Å². The lowest BCUT2D eigenvalue weighted by Gasteiger charge is -2.52. The molecule has 7 aliphatic rings. The van der Waals surface area contributed by atoms with E-state index in [1.807, 2.05) is 0 Å². The number of carbonyl (C=O) groups is 3. The molecule has 486 valence electrons. The highest BCUT2D eigenvalue weighted by atomic mass is 16.8. The van der Waals surface area contributed by atoms with E-state index >= 15 is 0 Å². The normalized spacial score (nSPS) is 50.3. The molecule has 7 saturated heterocycles. The third kappa shape index (κ3) is 14.6. The van der Waals surface area contributed by atoms with Gasteiger partial charge in [0.1, 0.15) is 159 Å². The fourth-order valence-corrected chi connectivity index (χ4v) is 10.6. The van der Waals surface area contributed by atoms with Gasteiger partial charge in [-0.25, -0.2) is 4.79 Å². The quantitative estimate of drug-likeness (QED) is 0.0538. The molecule has 7 fully saturated rings. The van der Waals surface area contributed by atoms with Crippen molar-refractivity contribution in [2.45, 2.75) is 236 Å². The number of rotatable bonds is 20. The topological polar surface area (TPSA) is 600 Å². The number of aliphatic hydroxyl groups is 19. The highest BCUT2D eigenvalue weighted by Crippen LogP contribution is 2.40. The zero-order valence-electron chi connectivity index (χ0n) is 44.7. The lowest BCUT2D eigenvalue weighted by atomic mass is 9.93. The lowest BCUT2D eigenvalue weighted by Crippen LogP contribution is -2.71. The van der Waals surface area contributed by atoms with Gasteiger partial charge in [-0.15, -0.1) is 0 Å². The molecule has 0 spiro atoms. The first kappa shape index (κ1) is 68.6. The summed E-state index contributed by atoms with van der Waals surface area (Å²) in [7, 11) is 0. The number of ether oxygens (including phenoxy) is 13. The van der Waals surface area contributed by atoms with Crippen LogP contribution in [0.2, 0.25) is 0 Å². The Bertz CT molecular complexity index is 2130. The summed E-state index contributed by atoms with van der Waals surface area (Å²) in [6.45, 7) is -2.03. The predicted octanol–water partition coefficient (Wildman–Crippen LogP) is -14.9. The Hall–Kier alpha value is -2.87. The summed E-state index contributed by atoms with van der Waals surface area (Å²) in [5, 5.41) is 222. The minimum atomic E-state index is -2.49. The van der Waals surface area contributed by atoms with E-state index in [4.69, 9.17) is 61.6 Å². The van der Waals surface area contributed by atoms with E-state index in [9.17, 15) is 117 Å². The van der Waals surface area contributed by atoms with Crippen LogP contribution in [0.15, 0.2) is 0 Å². The molecule has 7 rings (SSSR count). The Morgan fingerprint density at radius 3 is 1.35 bits per heavy atom. The number of carboxylic acid groups (broad SMARTS) is 1. The molecule has 38 nitrogen and oxygen atoms in total. The van der Waals surface area contributed by atoms with Gasteiger partial charge < -0.3 is 174 Å². The van der Waals surface area contributed by atoms with E-state index in [0.29, 0.717) is 0 Å². The molecule has 7 aliphatic heterocycles. The van der Waals surface area contributed by atoms with Gasteiger partial charge in [-0.1, -0.05) is 0 Å². The fourth-order valence-electron chi connectivity index (χ4n) is 10.6. The summed E-state index contributed by atoms with van der Waals surface area (Å²) < 4.78 is 76.2. The molecule has 0 bridgehead atoms. The molecule has 0 radical (unpaired) electrons. The maximum Gasteiger partial charge on any atom is 0.335 e. The van der Waals surface area contributed by atoms with Crippen molar-refractivity contribution in [1.29, 1.82) is 0 Å². The number of aliphatic hydroxyl groups excluding tert-OH is 19. The van der Waals surface area contributed by atoms with Gasteiger partial charge in [0.05, 0.1) is 39.1 Å². The standard InChI is InChI=1S/C46H76N2O36/c1-9-19(55)25(61)29(65)42(73-9)84-38-37(83-45-32(68)35(22(58)14(6-51)77-45)81-44-31(67)27(63)28(64)36(82-44)39(69)70)33(79-43-30(66)26(62)21(57)13(5-50)76-43)15(7-52)78-46(38)80-34-18(48-11(3)54)40(71)74-16(23(34)59)8-72-41-17(47-10(2)53)24(60)20(56)12(4-49)75-41/h9,12-38,40-46,49-52,55-68,71H,4-8H2,1-3H3,(H,47,53)(H,48,54)(H,69,70)/t9-,12+,13+,14+,15+,16+,17+,18+,19+,20+,21-,22-,23-,24+,25+,26-,27-,28-,29-,30+,31+,32+,33-,34+,35-,36-,37-,38+,40?,41+,42-,43-,44+,45-,46-/m0/s1. The van der Waals surface area contributed by atoms with Gasteiger partial charge >= 0.3 is 5.97 Å². The van der Waals surface area contributed by atoms with Crippen LogP contribution in [0.25, 0.3) is 0 Å². The van der Waals surface area contributed by atoms with Gasteiger partial charge in [0.25, 0.3) is 0 Å². The number of amides is 2. The van der Waals surface area contributed by atoms with E-state index in [0.717, 1.165) is 13.8 Å². The number of nitrogens with one attached hydrogen (secondary N) is 2. The molecule has 22 N–H and O–H groups in total. The number of aliphatic carboxylic acids is 1. The van der Waals surface area contributed by atoms with Crippen molar-refractivity contribution in [1.82, 2.24) is 10.6 Å². The third-order valence-corrected chi connectivity index (χ3v) is 15.3. The summed E-state index contributed by atoms with van der Waals surface area (Å²) in [6, 6.07) is -3.44. The number of hydrogen-bond acceptors (Lipinski definition) is 35. The van der Waals surface area contributed by atoms with Gasteiger partial charge in [-0.05, 0) is 6.92 Å². The van der Waals surface area contributed by atoms with Crippen molar-refractivity contribution in [2.24, 2.45) is 0 Å². The van der Waals surface area contributed by atoms with Crippen molar-refractivity contribution in [2.75, 3.05) is 33.0 Å². The zero-order valence-corrected chi connectivity index (χ0v) is 44.7. The Balaban J connectivity index is 1.31. The first-order valence-electron chi connectivity index (χ1n) is 26.5. The van der Waals surface area contributed by atoms with E-state index in [-0.39, 0.29) is 0 Å². The second-order valence-corrected chi connectivity index (χ2v) is 21.1. The van der Waals surface area contributed by atoms with E-state index in [1.54, 1.807) is 0 Å². The minimum absolute atomic E-state index is 0.753. The molecular formula is C46H76N2O36. The molecule has 2 amide bonds. The van der Waals surface area contributed by atoms with Gasteiger partial charge in [0.15, 0.2) is 50.1 Å². The van der Waals surface area contributed by atoms with Crippen LogP contribution in [0.4, 0.5) is 0 Å². The number of hydrogen-bond donors (Lipinski definition) is 22. The van der Waals surface area contributed by atoms with Crippen molar-refractivity contribution in [3.63, 3.8) is 0 Å². The van der Waals surface area contributed by atoms with Crippen LogP contribution in [0, 0.1) is 0 Å². The van der Waals surface area contributed by atoms with Gasteiger partial charge in [-0.2, -0.15) is 0 Å². The number of carboxylic acids is 1. The Labute approximate surface area is 474 Å². The molecule has 84 heavy (non-hydrogen) atoms. The smallest absolute Gasteiger partial charge is 0.335 e. The average molecular weight is 1230 g/mol. The molecule has 0 aromatic heterocycles. The molecule has 0 saturated carbocycles. The molecule has 38 heteroatoms. The van der Waals surface area contributed by atoms with Crippen LogP contribution in [-0.2, 0) is 76.0 Å². The lowest BCUT2D eigenvalue weighted by molar-refractivity contribution is -0.419. The van der Waals surface area contributed by atoms with Gasteiger partial charge in [0, 0.05) is 13.8 Å². The molecule has 7 heterocycles. The number of carbonyl (C=O) groups excluding carboxylic acids is 2. The van der Waals surface area contributed by atoms with Crippen molar-refractivity contribution in [3.8, 4) is 0 Å². The summed E-state index contributed by atoms with van der Waals surface area (Å²) in [6.07, 6.45) is -69.3. The van der Waals surface area contributed by atoms with Gasteiger partial charge in [-0.3, -0.25) is 9.59 Å². The Kier molecular flexibility index (Phi) is 23.8. The summed E-state index contributed by atoms with van der Waals surface area (Å²) in [4.78, 5) is 36.9. The molecule has 0 aliphatic carbocycles. The summed E-state index contributed by atoms with van der Waals surface area (Å²) >= 11 is 0. The van der Waals surface area contributed by atoms with E-state index < -0.39 is 266 Å². The maximum atomic E-state index is 12.8. The monoisotopic (exact) mass is 1230 g/mol. The highest BCUT2D eigenvalue weighted by molar-refractivity contribution is 5.74. The van der Waals surface area contributed by atoms with Crippen molar-refractivity contribution < 1.29 is 178 Å². The Morgan fingerprint density at radius 2 is 0.786 bits per heavy atom. The summed E-state index contributed by atoms with van der Waals surface area (Å²) in [5.41, 5.74) is 0. The molecule has 0 aromatic carbocycles. The first-order valence-corrected chi connectivity index (χ1v) is 26.5. The van der Waals surface area contributed by atoms with E-state index in [2.05, 4.69) is 10.6 Å². The van der Waals surface area contributed by atoms with Crippen LogP contribution >= 0.6 is 0 Å². The largest absolute Gasteiger partial charge is 0.479 e. The van der Waals surface area contributed by atoms with Crippen molar-refractivity contribution >= 4 is 17.8 Å². The zero-order chi connectivity index (χ0) is 62.1. The maximum absolute atomic E-state index is 12.8. The molecule has 1 unspecified atom stereocenters. The van der Waals surface area contributed by atoms with Crippen LogP contribution in [-0.4, -0.2) is 368 Å². The highest BCUT2D eigenvalue weighted by Gasteiger charge is 2.60. The first-order chi connectivity index (χ1) is 39.6. The third-order valence-electron chi connectivity index (χ3n) is 15.3. The van der Waals surface area contributed by atoms with Crippen LogP contribution < -0.4 is 10.6 Å². The van der Waals surface area contributed by atoms with Gasteiger partial charge in [0.2, 0.25) is 11.8 Å². The second-order valence-electron chi connectivity index (χ2n) is 21.1. The average Bonchev–Trinajstić information content (AvgIpc) is 2.03. The van der Waals surface area contributed by atoms with Crippen molar-refractivity contribution in [3.05, 3.63) is 0 Å². The molecule has 0 aromatic rings.